The monoisotopic (exact) mass is 351 g/mol. The minimum atomic E-state index is -0.536. The van der Waals surface area contributed by atoms with Crippen LogP contribution in [0.3, 0.4) is 0 Å². The number of carbonyl (C=O) groups excluding carboxylic acids is 1. The molecule has 136 valence electrons. The Morgan fingerprint density at radius 1 is 1.08 bits per heavy atom. The van der Waals surface area contributed by atoms with E-state index in [9.17, 15) is 4.79 Å². The molecule has 0 saturated carbocycles. The summed E-state index contributed by atoms with van der Waals surface area (Å²) in [6, 6.07) is 13.8. The van der Waals surface area contributed by atoms with Crippen LogP contribution in [-0.4, -0.2) is 24.7 Å². The summed E-state index contributed by atoms with van der Waals surface area (Å²) in [5.74, 6) is 0.450. The molecule has 1 aliphatic rings. The molecule has 0 saturated heterocycles. The Balaban J connectivity index is 2.10. The lowest BCUT2D eigenvalue weighted by Gasteiger charge is -2.30. The van der Waals surface area contributed by atoms with E-state index in [0.29, 0.717) is 18.7 Å². The van der Waals surface area contributed by atoms with E-state index in [4.69, 9.17) is 9.47 Å². The van der Waals surface area contributed by atoms with Gasteiger partial charge in [-0.1, -0.05) is 24.3 Å². The molecule has 1 aliphatic heterocycles. The number of para-hydroxylation sites is 1. The molecule has 26 heavy (non-hydrogen) atoms. The smallest absolute Gasteiger partial charge is 0.338 e. The number of anilines is 2. The summed E-state index contributed by atoms with van der Waals surface area (Å²) < 4.78 is 11.5. The maximum absolute atomic E-state index is 12.7. The molecule has 1 heterocycles. The fraction of sp³-hybridized carbons (Fsp3) is 0.318. The molecule has 0 unspecified atom stereocenters. The van der Waals surface area contributed by atoms with Crippen molar-refractivity contribution in [1.82, 2.24) is 0 Å². The van der Waals surface area contributed by atoms with Gasteiger partial charge in [0.2, 0.25) is 0 Å². The van der Waals surface area contributed by atoms with Gasteiger partial charge in [0, 0.05) is 12.2 Å². The van der Waals surface area contributed by atoms with Crippen LogP contribution in [0.15, 0.2) is 54.6 Å². The van der Waals surface area contributed by atoms with Crippen molar-refractivity contribution in [2.24, 2.45) is 0 Å². The molecule has 0 aliphatic carbocycles. The van der Waals surface area contributed by atoms with Gasteiger partial charge in [0.25, 0.3) is 0 Å². The van der Waals surface area contributed by atoms with Crippen LogP contribution < -0.4 is 9.64 Å². The van der Waals surface area contributed by atoms with Crippen molar-refractivity contribution < 1.29 is 14.3 Å². The van der Waals surface area contributed by atoms with Crippen LogP contribution in [0.4, 0.5) is 11.4 Å². The standard InChI is InChI=1S/C22H25NO3/c1-16-18(21(24)26-22(2,3)4)12-13-19-20(16)23(14-8-9-15-25-19)17-10-6-5-7-11-17/h5-13H,14-15H2,1-4H3/b9-8-. The summed E-state index contributed by atoms with van der Waals surface area (Å²) in [6.07, 6.45) is 4.09. The molecule has 0 amide bonds. The van der Waals surface area contributed by atoms with Crippen LogP contribution >= 0.6 is 0 Å². The number of benzene rings is 2. The fourth-order valence-corrected chi connectivity index (χ4v) is 3.00. The van der Waals surface area contributed by atoms with Crippen molar-refractivity contribution in [3.63, 3.8) is 0 Å². The zero-order valence-electron chi connectivity index (χ0n) is 15.8. The number of fused-ring (bicyclic) bond motifs is 1. The highest BCUT2D eigenvalue weighted by Gasteiger charge is 2.25. The number of esters is 1. The summed E-state index contributed by atoms with van der Waals surface area (Å²) in [7, 11) is 0. The second-order valence-electron chi connectivity index (χ2n) is 7.32. The highest BCUT2D eigenvalue weighted by Crippen LogP contribution is 2.39. The van der Waals surface area contributed by atoms with Crippen molar-refractivity contribution in [2.45, 2.75) is 33.3 Å². The van der Waals surface area contributed by atoms with Crippen LogP contribution in [0.1, 0.15) is 36.7 Å². The maximum Gasteiger partial charge on any atom is 0.338 e. The second kappa shape index (κ2) is 7.24. The van der Waals surface area contributed by atoms with Gasteiger partial charge in [0.05, 0.1) is 11.3 Å². The van der Waals surface area contributed by atoms with E-state index >= 15 is 0 Å². The second-order valence-corrected chi connectivity index (χ2v) is 7.32. The first-order valence-corrected chi connectivity index (χ1v) is 8.84. The van der Waals surface area contributed by atoms with Crippen molar-refractivity contribution in [3.05, 3.63) is 65.7 Å². The zero-order valence-corrected chi connectivity index (χ0v) is 15.8. The Morgan fingerprint density at radius 3 is 2.50 bits per heavy atom. The number of hydrogen-bond donors (Lipinski definition) is 0. The predicted octanol–water partition coefficient (Wildman–Crippen LogP) is 5.04. The topological polar surface area (TPSA) is 38.8 Å². The largest absolute Gasteiger partial charge is 0.487 e. The Morgan fingerprint density at radius 2 is 1.81 bits per heavy atom. The lowest BCUT2D eigenvalue weighted by molar-refractivity contribution is 0.00688. The summed E-state index contributed by atoms with van der Waals surface area (Å²) in [6.45, 7) is 8.79. The number of rotatable bonds is 2. The van der Waals surface area contributed by atoms with E-state index in [0.717, 1.165) is 22.7 Å². The van der Waals surface area contributed by atoms with Crippen molar-refractivity contribution in [1.29, 1.82) is 0 Å². The van der Waals surface area contributed by atoms with Crippen molar-refractivity contribution >= 4 is 17.3 Å². The molecular formula is C22H25NO3. The molecule has 4 nitrogen and oxygen atoms in total. The molecule has 0 aromatic heterocycles. The molecule has 2 aromatic carbocycles. The van der Waals surface area contributed by atoms with E-state index in [1.807, 2.05) is 58.0 Å². The fourth-order valence-electron chi connectivity index (χ4n) is 3.00. The van der Waals surface area contributed by atoms with Crippen LogP contribution in [0.5, 0.6) is 5.75 Å². The number of nitrogens with zero attached hydrogens (tertiary/aromatic N) is 1. The van der Waals surface area contributed by atoms with Crippen LogP contribution in [0.25, 0.3) is 0 Å². The van der Waals surface area contributed by atoms with Gasteiger partial charge in [-0.25, -0.2) is 4.79 Å². The third-order valence-corrected chi connectivity index (χ3v) is 4.14. The average molecular weight is 351 g/mol. The molecule has 3 rings (SSSR count). The van der Waals surface area contributed by atoms with Gasteiger partial charge >= 0.3 is 5.97 Å². The molecule has 0 fully saturated rings. The zero-order chi connectivity index (χ0) is 18.7. The van der Waals surface area contributed by atoms with E-state index in [1.165, 1.54) is 0 Å². The van der Waals surface area contributed by atoms with Gasteiger partial charge < -0.3 is 14.4 Å². The lowest BCUT2D eigenvalue weighted by atomic mass is 10.0. The van der Waals surface area contributed by atoms with E-state index in [2.05, 4.69) is 23.1 Å². The number of hydrogen-bond acceptors (Lipinski definition) is 4. The van der Waals surface area contributed by atoms with Gasteiger partial charge in [-0.3, -0.25) is 0 Å². The average Bonchev–Trinajstić information content (AvgIpc) is 2.55. The van der Waals surface area contributed by atoms with Gasteiger partial charge in [0.15, 0.2) is 0 Å². The highest BCUT2D eigenvalue weighted by atomic mass is 16.6. The first-order valence-electron chi connectivity index (χ1n) is 8.84. The molecule has 4 heteroatoms. The molecule has 2 aromatic rings. The Hall–Kier alpha value is -2.75. The Kier molecular flexibility index (Phi) is 5.03. The minimum absolute atomic E-state index is 0.316. The highest BCUT2D eigenvalue weighted by molar-refractivity contribution is 5.94. The first-order chi connectivity index (χ1) is 12.4. The van der Waals surface area contributed by atoms with E-state index < -0.39 is 5.60 Å². The van der Waals surface area contributed by atoms with Crippen molar-refractivity contribution in [2.75, 3.05) is 18.1 Å². The number of carbonyl (C=O) groups is 1. The summed E-state index contributed by atoms with van der Waals surface area (Å²) in [5.41, 5.74) is 2.84. The third kappa shape index (κ3) is 3.90. The van der Waals surface area contributed by atoms with Crippen molar-refractivity contribution in [3.8, 4) is 5.75 Å². The van der Waals surface area contributed by atoms with E-state index in [1.54, 1.807) is 6.07 Å². The predicted molar refractivity (Wildman–Crippen MR) is 104 cm³/mol. The Bertz CT molecular complexity index is 819. The normalized spacial score (nSPS) is 15.3. The molecule has 0 N–H and O–H groups in total. The Labute approximate surface area is 155 Å². The molecule has 0 bridgehead atoms. The SMILES string of the molecule is Cc1c(C(=O)OC(C)(C)C)ccc2c1N(c1ccccc1)C/C=C\CO2. The third-order valence-electron chi connectivity index (χ3n) is 4.14. The summed E-state index contributed by atoms with van der Waals surface area (Å²) in [4.78, 5) is 14.8. The lowest BCUT2D eigenvalue weighted by Crippen LogP contribution is -2.26. The minimum Gasteiger partial charge on any atom is -0.487 e. The van der Waals surface area contributed by atoms with Gasteiger partial charge in [-0.15, -0.1) is 0 Å². The van der Waals surface area contributed by atoms with Crippen LogP contribution in [-0.2, 0) is 4.74 Å². The van der Waals surface area contributed by atoms with Gasteiger partial charge in [0.1, 0.15) is 18.0 Å². The molecule has 0 spiro atoms. The first kappa shape index (κ1) is 18.1. The maximum atomic E-state index is 12.7. The molecule has 0 atom stereocenters. The quantitative estimate of drug-likeness (QED) is 0.561. The van der Waals surface area contributed by atoms with Gasteiger partial charge in [-0.05, 0) is 63.6 Å². The molecule has 0 radical (unpaired) electrons. The molecular weight excluding hydrogens is 326 g/mol. The van der Waals surface area contributed by atoms with E-state index in [-0.39, 0.29) is 5.97 Å². The van der Waals surface area contributed by atoms with Crippen LogP contribution in [0.2, 0.25) is 0 Å². The summed E-state index contributed by atoms with van der Waals surface area (Å²) in [5, 5.41) is 0. The number of ether oxygens (including phenoxy) is 2. The summed E-state index contributed by atoms with van der Waals surface area (Å²) >= 11 is 0. The van der Waals surface area contributed by atoms with Gasteiger partial charge in [-0.2, -0.15) is 0 Å². The van der Waals surface area contributed by atoms with Crippen LogP contribution in [0, 0.1) is 6.92 Å².